The summed E-state index contributed by atoms with van der Waals surface area (Å²) in [5.74, 6) is 2.21. The van der Waals surface area contributed by atoms with Crippen LogP contribution < -0.4 is 0 Å². The highest BCUT2D eigenvalue weighted by molar-refractivity contribution is 4.96. The zero-order valence-corrected chi connectivity index (χ0v) is 9.45. The lowest BCUT2D eigenvalue weighted by molar-refractivity contribution is -0.0692. The molecule has 3 atom stereocenters. The first-order valence-electron chi connectivity index (χ1n) is 6.58. The van der Waals surface area contributed by atoms with E-state index in [9.17, 15) is 5.11 Å². The smallest absolute Gasteiger partial charge is 0.0701 e. The SMILES string of the molecule is OC1(C2CCOC2)CCCC(C2CC2)C1. The molecule has 0 spiro atoms. The van der Waals surface area contributed by atoms with Crippen LogP contribution in [0.15, 0.2) is 0 Å². The Labute approximate surface area is 92.0 Å². The predicted molar refractivity (Wildman–Crippen MR) is 58.6 cm³/mol. The Balaban J connectivity index is 1.67. The van der Waals surface area contributed by atoms with Crippen LogP contribution in [0.25, 0.3) is 0 Å². The van der Waals surface area contributed by atoms with Crippen LogP contribution in [0.1, 0.15) is 44.9 Å². The van der Waals surface area contributed by atoms with Crippen molar-refractivity contribution in [2.75, 3.05) is 13.2 Å². The maximum atomic E-state index is 10.7. The summed E-state index contributed by atoms with van der Waals surface area (Å²) < 4.78 is 5.43. The average molecular weight is 210 g/mol. The second kappa shape index (κ2) is 3.74. The van der Waals surface area contributed by atoms with Gasteiger partial charge >= 0.3 is 0 Å². The van der Waals surface area contributed by atoms with E-state index in [-0.39, 0.29) is 5.60 Å². The summed E-state index contributed by atoms with van der Waals surface area (Å²) in [5, 5.41) is 10.7. The minimum absolute atomic E-state index is 0.373. The summed E-state index contributed by atoms with van der Waals surface area (Å²) in [6, 6.07) is 0. The van der Waals surface area contributed by atoms with Crippen LogP contribution in [0.2, 0.25) is 0 Å². The van der Waals surface area contributed by atoms with E-state index in [0.717, 1.165) is 44.3 Å². The van der Waals surface area contributed by atoms with E-state index >= 15 is 0 Å². The molecule has 15 heavy (non-hydrogen) atoms. The molecule has 2 heteroatoms. The topological polar surface area (TPSA) is 29.5 Å². The van der Waals surface area contributed by atoms with Crippen molar-refractivity contribution < 1.29 is 9.84 Å². The lowest BCUT2D eigenvalue weighted by Crippen LogP contribution is -2.43. The molecule has 0 aromatic carbocycles. The van der Waals surface area contributed by atoms with Crippen molar-refractivity contribution in [2.24, 2.45) is 17.8 Å². The van der Waals surface area contributed by atoms with Gasteiger partial charge in [0.05, 0.1) is 12.2 Å². The highest BCUT2D eigenvalue weighted by Crippen LogP contribution is 2.49. The minimum Gasteiger partial charge on any atom is -0.390 e. The van der Waals surface area contributed by atoms with Crippen molar-refractivity contribution in [3.05, 3.63) is 0 Å². The van der Waals surface area contributed by atoms with Gasteiger partial charge in [-0.3, -0.25) is 0 Å². The van der Waals surface area contributed by atoms with Gasteiger partial charge in [0.25, 0.3) is 0 Å². The van der Waals surface area contributed by atoms with E-state index in [0.29, 0.717) is 5.92 Å². The zero-order valence-electron chi connectivity index (χ0n) is 9.45. The minimum atomic E-state index is -0.373. The summed E-state index contributed by atoms with van der Waals surface area (Å²) in [6.45, 7) is 1.66. The van der Waals surface area contributed by atoms with Crippen LogP contribution in [-0.4, -0.2) is 23.9 Å². The van der Waals surface area contributed by atoms with Crippen LogP contribution in [-0.2, 0) is 4.74 Å². The van der Waals surface area contributed by atoms with Gasteiger partial charge in [-0.05, 0) is 50.4 Å². The van der Waals surface area contributed by atoms with E-state index < -0.39 is 0 Å². The highest BCUT2D eigenvalue weighted by atomic mass is 16.5. The number of rotatable bonds is 2. The van der Waals surface area contributed by atoms with Crippen molar-refractivity contribution >= 4 is 0 Å². The second-order valence-electron chi connectivity index (χ2n) is 5.86. The third-order valence-electron chi connectivity index (χ3n) is 4.78. The van der Waals surface area contributed by atoms with Gasteiger partial charge in [0.15, 0.2) is 0 Å². The number of ether oxygens (including phenoxy) is 1. The first-order valence-corrected chi connectivity index (χ1v) is 6.58. The molecule has 1 N–H and O–H groups in total. The highest BCUT2D eigenvalue weighted by Gasteiger charge is 2.45. The Morgan fingerprint density at radius 1 is 1.07 bits per heavy atom. The van der Waals surface area contributed by atoms with Crippen LogP contribution in [0.5, 0.6) is 0 Å². The van der Waals surface area contributed by atoms with Crippen LogP contribution in [0, 0.1) is 17.8 Å². The third-order valence-corrected chi connectivity index (χ3v) is 4.78. The molecule has 86 valence electrons. The molecule has 3 aliphatic rings. The van der Waals surface area contributed by atoms with E-state index in [1.807, 2.05) is 0 Å². The van der Waals surface area contributed by atoms with Gasteiger partial charge < -0.3 is 9.84 Å². The maximum Gasteiger partial charge on any atom is 0.0701 e. The molecule has 1 heterocycles. The summed E-state index contributed by atoms with van der Waals surface area (Å²) in [4.78, 5) is 0. The third kappa shape index (κ3) is 1.94. The summed E-state index contributed by atoms with van der Waals surface area (Å²) >= 11 is 0. The molecule has 3 unspecified atom stereocenters. The normalized spacial score (nSPS) is 47.0. The van der Waals surface area contributed by atoms with Gasteiger partial charge in [0.2, 0.25) is 0 Å². The van der Waals surface area contributed by atoms with Crippen molar-refractivity contribution in [1.82, 2.24) is 0 Å². The molecule has 3 fully saturated rings. The van der Waals surface area contributed by atoms with Crippen molar-refractivity contribution in [3.63, 3.8) is 0 Å². The Morgan fingerprint density at radius 3 is 2.60 bits per heavy atom. The van der Waals surface area contributed by atoms with Crippen molar-refractivity contribution in [1.29, 1.82) is 0 Å². The van der Waals surface area contributed by atoms with E-state index in [2.05, 4.69) is 0 Å². The molecule has 0 radical (unpaired) electrons. The fourth-order valence-electron chi connectivity index (χ4n) is 3.63. The number of hydrogen-bond donors (Lipinski definition) is 1. The average Bonchev–Trinajstić information content (AvgIpc) is 2.93. The quantitative estimate of drug-likeness (QED) is 0.758. The standard InChI is InChI=1S/C13H22O2/c14-13(12-5-7-15-9-12)6-1-2-11(8-13)10-3-4-10/h10-12,14H,1-9H2. The molecule has 2 aliphatic carbocycles. The molecule has 3 rings (SSSR count). The van der Waals surface area contributed by atoms with Crippen molar-refractivity contribution in [2.45, 2.75) is 50.5 Å². The Kier molecular flexibility index (Phi) is 2.52. The van der Waals surface area contributed by atoms with Gasteiger partial charge in [-0.2, -0.15) is 0 Å². The van der Waals surface area contributed by atoms with E-state index in [4.69, 9.17) is 4.74 Å². The first kappa shape index (κ1) is 10.1. The van der Waals surface area contributed by atoms with Crippen molar-refractivity contribution in [3.8, 4) is 0 Å². The van der Waals surface area contributed by atoms with Gasteiger partial charge in [0.1, 0.15) is 0 Å². The predicted octanol–water partition coefficient (Wildman–Crippen LogP) is 2.35. The van der Waals surface area contributed by atoms with E-state index in [1.54, 1.807) is 0 Å². The number of hydrogen-bond acceptors (Lipinski definition) is 2. The fraction of sp³-hybridized carbons (Fsp3) is 1.00. The first-order chi connectivity index (χ1) is 7.28. The summed E-state index contributed by atoms with van der Waals surface area (Å²) in [7, 11) is 0. The molecular weight excluding hydrogens is 188 g/mol. The Bertz CT molecular complexity index is 231. The van der Waals surface area contributed by atoms with Crippen LogP contribution in [0.4, 0.5) is 0 Å². The van der Waals surface area contributed by atoms with E-state index in [1.165, 1.54) is 25.7 Å². The maximum absolute atomic E-state index is 10.7. The molecule has 2 saturated carbocycles. The number of aliphatic hydroxyl groups is 1. The van der Waals surface area contributed by atoms with Crippen LogP contribution in [0.3, 0.4) is 0 Å². The summed E-state index contributed by atoms with van der Waals surface area (Å²) in [6.07, 6.45) is 8.59. The molecule has 0 amide bonds. The van der Waals surface area contributed by atoms with Gasteiger partial charge in [-0.1, -0.05) is 6.42 Å². The van der Waals surface area contributed by atoms with Gasteiger partial charge in [-0.15, -0.1) is 0 Å². The Morgan fingerprint density at radius 2 is 1.93 bits per heavy atom. The molecular formula is C13H22O2. The lowest BCUT2D eigenvalue weighted by atomic mass is 9.70. The largest absolute Gasteiger partial charge is 0.390 e. The molecule has 0 aromatic heterocycles. The summed E-state index contributed by atoms with van der Waals surface area (Å²) in [5.41, 5.74) is -0.373. The van der Waals surface area contributed by atoms with Crippen LogP contribution >= 0.6 is 0 Å². The monoisotopic (exact) mass is 210 g/mol. The second-order valence-corrected chi connectivity index (χ2v) is 5.86. The van der Waals surface area contributed by atoms with Gasteiger partial charge in [0, 0.05) is 12.5 Å². The molecule has 1 saturated heterocycles. The molecule has 2 nitrogen and oxygen atoms in total. The molecule has 1 aliphatic heterocycles. The zero-order chi connectivity index (χ0) is 10.3. The fourth-order valence-corrected chi connectivity index (χ4v) is 3.63. The molecule has 0 aromatic rings. The van der Waals surface area contributed by atoms with Gasteiger partial charge in [-0.25, -0.2) is 0 Å². The Hall–Kier alpha value is -0.0800. The molecule has 0 bridgehead atoms. The lowest BCUT2D eigenvalue weighted by Gasteiger charge is -2.40.